The highest BCUT2D eigenvalue weighted by Crippen LogP contribution is 2.21. The minimum Gasteiger partial charge on any atom is -0.377 e. The summed E-state index contributed by atoms with van der Waals surface area (Å²) in [5.74, 6) is 0. The smallest absolute Gasteiger partial charge is 0.185 e. The number of hydrogen-bond donors (Lipinski definition) is 1. The number of ether oxygens (including phenoxy) is 1. The van der Waals surface area contributed by atoms with E-state index in [2.05, 4.69) is 15.2 Å². The molecule has 0 amide bonds. The second kappa shape index (κ2) is 4.72. The number of rotatable bonds is 3. The zero-order chi connectivity index (χ0) is 9.80. The van der Waals surface area contributed by atoms with Gasteiger partial charge in [0.05, 0.1) is 19.3 Å². The molecule has 1 aromatic heterocycles. The van der Waals surface area contributed by atoms with Crippen molar-refractivity contribution in [2.75, 3.05) is 38.3 Å². The fourth-order valence-electron chi connectivity index (χ4n) is 1.67. The number of nitrogens with zero attached hydrogens (tertiary/aromatic N) is 2. The van der Waals surface area contributed by atoms with Crippen molar-refractivity contribution in [3.05, 3.63) is 11.6 Å². The van der Waals surface area contributed by atoms with Crippen molar-refractivity contribution in [1.29, 1.82) is 0 Å². The molecule has 2 heterocycles. The number of likely N-dealkylation sites (N-methyl/N-ethyl adjacent to an activating group) is 1. The standard InChI is InChI=1S/C9H15N3OS/c1-10-6-8-7-13-4-3-12(8)9-11-2-5-14-9/h2,5,8,10H,3-4,6-7H2,1H3. The molecule has 0 bridgehead atoms. The quantitative estimate of drug-likeness (QED) is 0.796. The second-order valence-corrected chi connectivity index (χ2v) is 4.17. The van der Waals surface area contributed by atoms with Gasteiger partial charge in [0.25, 0.3) is 0 Å². The summed E-state index contributed by atoms with van der Waals surface area (Å²) in [6.07, 6.45) is 1.85. The Morgan fingerprint density at radius 3 is 3.43 bits per heavy atom. The zero-order valence-electron chi connectivity index (χ0n) is 8.27. The van der Waals surface area contributed by atoms with Crippen molar-refractivity contribution in [1.82, 2.24) is 10.3 Å². The summed E-state index contributed by atoms with van der Waals surface area (Å²) in [5.41, 5.74) is 0. The largest absolute Gasteiger partial charge is 0.377 e. The molecule has 1 N–H and O–H groups in total. The molecule has 1 fully saturated rings. The third-order valence-electron chi connectivity index (χ3n) is 2.33. The summed E-state index contributed by atoms with van der Waals surface area (Å²) in [4.78, 5) is 6.66. The van der Waals surface area contributed by atoms with Crippen LogP contribution in [-0.4, -0.2) is 44.4 Å². The van der Waals surface area contributed by atoms with E-state index in [0.717, 1.165) is 31.4 Å². The van der Waals surface area contributed by atoms with Crippen LogP contribution in [0.1, 0.15) is 0 Å². The highest BCUT2D eigenvalue weighted by Gasteiger charge is 2.23. The zero-order valence-corrected chi connectivity index (χ0v) is 9.09. The number of thiazole rings is 1. The van der Waals surface area contributed by atoms with Crippen LogP contribution in [0.15, 0.2) is 11.6 Å². The van der Waals surface area contributed by atoms with Crippen LogP contribution >= 0.6 is 11.3 Å². The summed E-state index contributed by atoms with van der Waals surface area (Å²) in [6.45, 7) is 3.49. The lowest BCUT2D eigenvalue weighted by molar-refractivity contribution is 0.0943. The van der Waals surface area contributed by atoms with Crippen LogP contribution in [0.4, 0.5) is 5.13 Å². The van der Waals surface area contributed by atoms with E-state index in [1.807, 2.05) is 18.6 Å². The normalized spacial score (nSPS) is 22.6. The first-order chi connectivity index (χ1) is 6.92. The van der Waals surface area contributed by atoms with Crippen LogP contribution in [0, 0.1) is 0 Å². The predicted octanol–water partition coefficient (Wildman–Crippen LogP) is 0.568. The molecule has 0 aliphatic carbocycles. The third-order valence-corrected chi connectivity index (χ3v) is 3.14. The molecule has 1 saturated heterocycles. The molecule has 5 heteroatoms. The fraction of sp³-hybridized carbons (Fsp3) is 0.667. The Bertz CT molecular complexity index is 263. The average Bonchev–Trinajstić information content (AvgIpc) is 2.72. The van der Waals surface area contributed by atoms with Crippen molar-refractivity contribution in [3.63, 3.8) is 0 Å². The molecule has 0 spiro atoms. The van der Waals surface area contributed by atoms with Gasteiger partial charge in [-0.15, -0.1) is 11.3 Å². The van der Waals surface area contributed by atoms with Gasteiger partial charge in [-0.1, -0.05) is 0 Å². The molecule has 78 valence electrons. The summed E-state index contributed by atoms with van der Waals surface area (Å²) >= 11 is 1.69. The highest BCUT2D eigenvalue weighted by atomic mass is 32.1. The summed E-state index contributed by atoms with van der Waals surface area (Å²) < 4.78 is 5.46. The van der Waals surface area contributed by atoms with Gasteiger partial charge in [-0.25, -0.2) is 4.98 Å². The first kappa shape index (κ1) is 9.89. The summed E-state index contributed by atoms with van der Waals surface area (Å²) in [5, 5.41) is 6.30. The van der Waals surface area contributed by atoms with Crippen molar-refractivity contribution < 1.29 is 4.74 Å². The number of hydrogen-bond acceptors (Lipinski definition) is 5. The van der Waals surface area contributed by atoms with Gasteiger partial charge in [-0.3, -0.25) is 0 Å². The van der Waals surface area contributed by atoms with Gasteiger partial charge >= 0.3 is 0 Å². The van der Waals surface area contributed by atoms with E-state index in [1.165, 1.54) is 0 Å². The van der Waals surface area contributed by atoms with Gasteiger partial charge in [0.2, 0.25) is 0 Å². The Morgan fingerprint density at radius 2 is 2.71 bits per heavy atom. The molecule has 0 aromatic carbocycles. The molecule has 1 atom stereocenters. The van der Waals surface area contributed by atoms with Crippen LogP contribution < -0.4 is 10.2 Å². The highest BCUT2D eigenvalue weighted by molar-refractivity contribution is 7.13. The Hall–Kier alpha value is -0.650. The average molecular weight is 213 g/mol. The first-order valence-corrected chi connectivity index (χ1v) is 5.68. The maximum atomic E-state index is 5.46. The molecule has 0 radical (unpaired) electrons. The van der Waals surface area contributed by atoms with Crippen LogP contribution in [0.2, 0.25) is 0 Å². The molecule has 0 saturated carbocycles. The van der Waals surface area contributed by atoms with Crippen LogP contribution in [0.5, 0.6) is 0 Å². The van der Waals surface area contributed by atoms with Crippen LogP contribution in [-0.2, 0) is 4.74 Å². The molecule has 14 heavy (non-hydrogen) atoms. The summed E-state index contributed by atoms with van der Waals surface area (Å²) in [6, 6.07) is 0.417. The number of anilines is 1. The number of morpholine rings is 1. The van der Waals surface area contributed by atoms with Gasteiger partial charge < -0.3 is 15.0 Å². The molecule has 4 nitrogen and oxygen atoms in total. The molecule has 2 rings (SSSR count). The minimum absolute atomic E-state index is 0.417. The van der Waals surface area contributed by atoms with Crippen LogP contribution in [0.25, 0.3) is 0 Å². The lowest BCUT2D eigenvalue weighted by Crippen LogP contribution is -2.50. The Morgan fingerprint density at radius 1 is 1.79 bits per heavy atom. The van der Waals surface area contributed by atoms with Gasteiger partial charge in [0.15, 0.2) is 5.13 Å². The number of nitrogens with one attached hydrogen (secondary N) is 1. The van der Waals surface area contributed by atoms with E-state index < -0.39 is 0 Å². The van der Waals surface area contributed by atoms with Crippen molar-refractivity contribution in [2.45, 2.75) is 6.04 Å². The molecular formula is C9H15N3OS. The predicted molar refractivity (Wildman–Crippen MR) is 58.0 cm³/mol. The van der Waals surface area contributed by atoms with Crippen molar-refractivity contribution in [3.8, 4) is 0 Å². The molecule has 1 aromatic rings. The van der Waals surface area contributed by atoms with Crippen molar-refractivity contribution in [2.24, 2.45) is 0 Å². The lowest BCUT2D eigenvalue weighted by atomic mass is 10.2. The molecule has 1 unspecified atom stereocenters. The van der Waals surface area contributed by atoms with Gasteiger partial charge in [0, 0.05) is 24.7 Å². The maximum absolute atomic E-state index is 5.46. The van der Waals surface area contributed by atoms with Gasteiger partial charge in [0.1, 0.15) is 0 Å². The van der Waals surface area contributed by atoms with Gasteiger partial charge in [-0.2, -0.15) is 0 Å². The summed E-state index contributed by atoms with van der Waals surface area (Å²) in [7, 11) is 1.97. The van der Waals surface area contributed by atoms with Gasteiger partial charge in [-0.05, 0) is 7.05 Å². The third kappa shape index (κ3) is 2.05. The Balaban J connectivity index is 2.06. The maximum Gasteiger partial charge on any atom is 0.185 e. The van der Waals surface area contributed by atoms with E-state index >= 15 is 0 Å². The lowest BCUT2D eigenvalue weighted by Gasteiger charge is -2.35. The fourth-order valence-corrected chi connectivity index (χ4v) is 2.41. The molecule has 1 aliphatic rings. The van der Waals surface area contributed by atoms with Crippen LogP contribution in [0.3, 0.4) is 0 Å². The Labute approximate surface area is 87.9 Å². The van der Waals surface area contributed by atoms with E-state index in [4.69, 9.17) is 4.74 Å². The number of aromatic nitrogens is 1. The van der Waals surface area contributed by atoms with E-state index in [0.29, 0.717) is 6.04 Å². The van der Waals surface area contributed by atoms with E-state index in [-0.39, 0.29) is 0 Å². The minimum atomic E-state index is 0.417. The molecule has 1 aliphatic heterocycles. The van der Waals surface area contributed by atoms with E-state index in [1.54, 1.807) is 11.3 Å². The first-order valence-electron chi connectivity index (χ1n) is 4.80. The van der Waals surface area contributed by atoms with E-state index in [9.17, 15) is 0 Å². The SMILES string of the molecule is CNCC1COCCN1c1nccs1. The van der Waals surface area contributed by atoms with Crippen molar-refractivity contribution >= 4 is 16.5 Å². The Kier molecular flexibility index (Phi) is 3.34. The second-order valence-electron chi connectivity index (χ2n) is 3.29. The monoisotopic (exact) mass is 213 g/mol. The molecular weight excluding hydrogens is 198 g/mol. The topological polar surface area (TPSA) is 37.4 Å².